The number of para-hydroxylation sites is 1. The highest BCUT2D eigenvalue weighted by Crippen LogP contribution is 2.62. The highest BCUT2D eigenvalue weighted by molar-refractivity contribution is 9.10. The number of hydrogen-bond donors (Lipinski definition) is 1. The molecular weight excluding hydrogens is 475 g/mol. The second-order valence-electron chi connectivity index (χ2n) is 6.71. The number of nitrogens with zero attached hydrogens (tertiary/aromatic N) is 1. The van der Waals surface area contributed by atoms with Gasteiger partial charge in [0.15, 0.2) is 0 Å². The number of rotatable bonds is 8. The molecule has 0 saturated carbocycles. The van der Waals surface area contributed by atoms with Crippen molar-refractivity contribution in [1.82, 2.24) is 4.98 Å². The Morgan fingerprint density at radius 1 is 0.742 bits per heavy atom. The van der Waals surface area contributed by atoms with Crippen LogP contribution in [0.2, 0.25) is 0 Å². The second-order valence-corrected chi connectivity index (χ2v) is 9.49. The number of hydrogen-bond acceptors (Lipinski definition) is 5. The molecule has 4 rings (SSSR count). The predicted molar refractivity (Wildman–Crippen MR) is 126 cm³/mol. The van der Waals surface area contributed by atoms with Crippen molar-refractivity contribution in [2.45, 2.75) is 5.66 Å². The van der Waals surface area contributed by atoms with Crippen molar-refractivity contribution in [3.8, 4) is 5.88 Å². The second kappa shape index (κ2) is 9.92. The fraction of sp³-hybridized carbons (Fsp3) is 0.0417. The predicted octanol–water partition coefficient (Wildman–Crippen LogP) is 7.25. The van der Waals surface area contributed by atoms with Crippen LogP contribution in [0.25, 0.3) is 0 Å². The first kappa shape index (κ1) is 21.3. The summed E-state index contributed by atoms with van der Waals surface area (Å²) in [5.41, 5.74) is 4.41. The van der Waals surface area contributed by atoms with Gasteiger partial charge < -0.3 is 4.52 Å². The molecule has 4 aromatic rings. The molecule has 0 aliphatic rings. The normalized spacial score (nSPS) is 12.8. The van der Waals surface area contributed by atoms with Gasteiger partial charge in [0, 0.05) is 6.07 Å². The number of aromatic nitrogens is 1. The Morgan fingerprint density at radius 2 is 1.29 bits per heavy atom. The van der Waals surface area contributed by atoms with Crippen LogP contribution in [-0.2, 0) is 9.19 Å². The number of pyridine rings is 1. The number of halogens is 1. The Balaban J connectivity index is 1.78. The van der Waals surface area contributed by atoms with E-state index in [9.17, 15) is 4.57 Å². The molecule has 31 heavy (non-hydrogen) atoms. The minimum absolute atomic E-state index is 0.199. The summed E-state index contributed by atoms with van der Waals surface area (Å²) in [5.74, 6) is 0.199. The van der Waals surface area contributed by atoms with E-state index >= 15 is 0 Å². The maximum Gasteiger partial charge on any atom is 0.413 e. The lowest BCUT2D eigenvalue weighted by Gasteiger charge is -2.27. The molecule has 0 aliphatic carbocycles. The van der Waals surface area contributed by atoms with Gasteiger partial charge in [-0.15, -0.1) is 0 Å². The molecule has 0 bridgehead atoms. The van der Waals surface area contributed by atoms with Crippen LogP contribution in [0.1, 0.15) is 16.8 Å². The maximum atomic E-state index is 14.4. The first-order valence-electron chi connectivity index (χ1n) is 9.65. The van der Waals surface area contributed by atoms with E-state index in [1.165, 1.54) is 0 Å². The monoisotopic (exact) mass is 494 g/mol. The lowest BCUT2D eigenvalue weighted by atomic mass is 10.0. The van der Waals surface area contributed by atoms with E-state index in [4.69, 9.17) is 9.15 Å². The third-order valence-electron chi connectivity index (χ3n) is 4.52. The van der Waals surface area contributed by atoms with Crippen molar-refractivity contribution in [1.29, 1.82) is 0 Å². The van der Waals surface area contributed by atoms with Gasteiger partial charge in [0.25, 0.3) is 0 Å². The zero-order valence-corrected chi connectivity index (χ0v) is 18.9. The smallest absolute Gasteiger partial charge is 0.404 e. The fourth-order valence-electron chi connectivity index (χ4n) is 3.15. The summed E-state index contributed by atoms with van der Waals surface area (Å²) in [7, 11) is -3.87. The number of anilines is 1. The topological polar surface area (TPSA) is 60.5 Å². The molecule has 5 nitrogen and oxygen atoms in total. The molecule has 0 amide bonds. The van der Waals surface area contributed by atoms with Crippen LogP contribution in [-0.4, -0.2) is 4.98 Å². The van der Waals surface area contributed by atoms with Gasteiger partial charge in [-0.05, 0) is 45.3 Å². The van der Waals surface area contributed by atoms with Crippen LogP contribution in [0, 0.1) is 0 Å². The molecule has 156 valence electrons. The van der Waals surface area contributed by atoms with Gasteiger partial charge in [-0.2, -0.15) is 4.62 Å². The Kier molecular flexibility index (Phi) is 6.82. The average molecular weight is 495 g/mol. The average Bonchev–Trinajstić information content (AvgIpc) is 2.80. The largest absolute Gasteiger partial charge is 0.413 e. The molecule has 0 fully saturated rings. The van der Waals surface area contributed by atoms with Crippen molar-refractivity contribution < 1.29 is 13.7 Å². The molecule has 1 N–H and O–H groups in total. The van der Waals surface area contributed by atoms with Crippen molar-refractivity contribution in [2.24, 2.45) is 0 Å². The molecule has 1 atom stereocenters. The quantitative estimate of drug-likeness (QED) is 0.159. The SMILES string of the molecule is O=P(ONc1ccccc1)(Oc1cccc(Br)n1)C(c1ccccc1)c1ccccc1. The van der Waals surface area contributed by atoms with E-state index in [2.05, 4.69) is 26.4 Å². The van der Waals surface area contributed by atoms with Gasteiger partial charge in [-0.25, -0.2) is 9.55 Å². The summed E-state index contributed by atoms with van der Waals surface area (Å²) in [4.78, 5) is 4.30. The van der Waals surface area contributed by atoms with Crippen molar-refractivity contribution in [3.63, 3.8) is 0 Å². The Hall–Kier alpha value is -2.92. The summed E-state index contributed by atoms with van der Waals surface area (Å²) in [5, 5.41) is 0. The van der Waals surface area contributed by atoms with Gasteiger partial charge in [0.05, 0.1) is 5.69 Å². The van der Waals surface area contributed by atoms with E-state index in [-0.39, 0.29) is 5.88 Å². The zero-order chi connectivity index (χ0) is 21.5. The van der Waals surface area contributed by atoms with Crippen molar-refractivity contribution in [2.75, 3.05) is 5.48 Å². The summed E-state index contributed by atoms with van der Waals surface area (Å²) in [6.45, 7) is 0. The zero-order valence-electron chi connectivity index (χ0n) is 16.5. The third kappa shape index (κ3) is 5.42. The van der Waals surface area contributed by atoms with Gasteiger partial charge in [0.2, 0.25) is 5.88 Å². The lowest BCUT2D eigenvalue weighted by Crippen LogP contribution is -2.13. The third-order valence-corrected chi connectivity index (χ3v) is 6.98. The van der Waals surface area contributed by atoms with E-state index in [1.54, 1.807) is 18.2 Å². The molecule has 1 heterocycles. The minimum Gasteiger partial charge on any atom is -0.404 e. The van der Waals surface area contributed by atoms with E-state index < -0.39 is 13.3 Å². The van der Waals surface area contributed by atoms with Crippen molar-refractivity contribution in [3.05, 3.63) is 125 Å². The van der Waals surface area contributed by atoms with E-state index in [0.717, 1.165) is 11.1 Å². The molecule has 1 unspecified atom stereocenters. The number of nitrogens with one attached hydrogen (secondary N) is 1. The van der Waals surface area contributed by atoms with Crippen LogP contribution >= 0.6 is 23.5 Å². The van der Waals surface area contributed by atoms with E-state index in [1.807, 2.05) is 91.0 Å². The fourth-order valence-corrected chi connectivity index (χ4v) is 5.39. The Morgan fingerprint density at radius 3 is 1.84 bits per heavy atom. The summed E-state index contributed by atoms with van der Waals surface area (Å²) >= 11 is 3.34. The molecule has 7 heteroatoms. The first-order chi connectivity index (χ1) is 15.1. The molecule has 1 aromatic heterocycles. The minimum atomic E-state index is -3.87. The molecule has 3 aromatic carbocycles. The van der Waals surface area contributed by atoms with Gasteiger partial charge >= 0.3 is 7.60 Å². The molecule has 0 aliphatic heterocycles. The maximum absolute atomic E-state index is 14.4. The highest BCUT2D eigenvalue weighted by atomic mass is 79.9. The van der Waals surface area contributed by atoms with Gasteiger partial charge in [-0.1, -0.05) is 84.9 Å². The first-order valence-corrected chi connectivity index (χ1v) is 12.1. The van der Waals surface area contributed by atoms with Crippen LogP contribution in [0.4, 0.5) is 5.69 Å². The number of benzene rings is 3. The summed E-state index contributed by atoms with van der Waals surface area (Å²) < 4.78 is 26.8. The Labute approximate surface area is 189 Å². The van der Waals surface area contributed by atoms with Crippen LogP contribution in [0.5, 0.6) is 5.88 Å². The summed E-state index contributed by atoms with van der Waals surface area (Å²) in [6, 6.07) is 33.5. The van der Waals surface area contributed by atoms with Crippen LogP contribution in [0.15, 0.2) is 114 Å². The standard InChI is InChI=1S/C24H20BrN2O3P/c25-22-17-10-18-23(26-22)29-31(28,30-27-21-15-8-3-9-16-21)24(19-11-4-1-5-12-19)20-13-6-2-7-14-20/h1-18,24,27H. The van der Waals surface area contributed by atoms with Gasteiger partial charge in [-0.3, -0.25) is 5.48 Å². The van der Waals surface area contributed by atoms with E-state index in [0.29, 0.717) is 10.3 Å². The Bertz CT molecular complexity index is 1120. The van der Waals surface area contributed by atoms with Crippen LogP contribution in [0.3, 0.4) is 0 Å². The molecule has 0 saturated heterocycles. The van der Waals surface area contributed by atoms with Gasteiger partial charge in [0.1, 0.15) is 10.3 Å². The van der Waals surface area contributed by atoms with Crippen LogP contribution < -0.4 is 10.0 Å². The van der Waals surface area contributed by atoms with Crippen molar-refractivity contribution >= 4 is 29.2 Å². The summed E-state index contributed by atoms with van der Waals surface area (Å²) in [6.07, 6.45) is 0. The molecular formula is C24H20BrN2O3P. The molecule has 0 spiro atoms. The molecule has 0 radical (unpaired) electrons. The lowest BCUT2D eigenvalue weighted by molar-refractivity contribution is 0.307. The highest BCUT2D eigenvalue weighted by Gasteiger charge is 2.41.